The number of guanidine groups is 1. The average Bonchev–Trinajstić information content (AvgIpc) is 3.13. The minimum absolute atomic E-state index is 0.654. The minimum atomic E-state index is 0.654. The molecule has 0 unspecified atom stereocenters. The Balaban J connectivity index is 0.000000159. The molecule has 24 heavy (non-hydrogen) atoms. The number of hydrogen-bond acceptors (Lipinski definition) is 3. The number of nitrogens with zero attached hydrogens (tertiary/aromatic N) is 4. The first-order valence-electron chi connectivity index (χ1n) is 8.22. The number of aromatic nitrogens is 3. The van der Waals surface area contributed by atoms with Crippen LogP contribution in [-0.2, 0) is 0 Å². The Bertz CT molecular complexity index is 744. The topological polar surface area (TPSA) is 83.2 Å². The SMILES string of the molecule is NC(=Nc1ccccc1)N1CCCCC1.c1ccc2n[nH]nc2c1. The van der Waals surface area contributed by atoms with Crippen molar-refractivity contribution in [3.8, 4) is 0 Å². The van der Waals surface area contributed by atoms with Gasteiger partial charge < -0.3 is 10.6 Å². The number of aromatic amines is 1. The van der Waals surface area contributed by atoms with Crippen LogP contribution in [0.5, 0.6) is 0 Å². The fourth-order valence-electron chi connectivity index (χ4n) is 2.61. The Morgan fingerprint density at radius 3 is 2.08 bits per heavy atom. The van der Waals surface area contributed by atoms with Crippen LogP contribution in [-0.4, -0.2) is 39.4 Å². The molecule has 0 bridgehead atoms. The highest BCUT2D eigenvalue weighted by Gasteiger charge is 2.11. The number of hydrogen-bond donors (Lipinski definition) is 2. The van der Waals surface area contributed by atoms with Gasteiger partial charge in [0.2, 0.25) is 0 Å². The number of rotatable bonds is 1. The molecule has 0 amide bonds. The van der Waals surface area contributed by atoms with E-state index in [1.165, 1.54) is 19.3 Å². The predicted octanol–water partition coefficient (Wildman–Crippen LogP) is 3.08. The molecule has 0 radical (unpaired) electrons. The van der Waals surface area contributed by atoms with Crippen molar-refractivity contribution in [3.63, 3.8) is 0 Å². The summed E-state index contributed by atoms with van der Waals surface area (Å²) in [6, 6.07) is 17.6. The quantitative estimate of drug-likeness (QED) is 0.533. The second-order valence-corrected chi connectivity index (χ2v) is 5.67. The first-order chi connectivity index (χ1) is 11.8. The Hall–Kier alpha value is -2.89. The fraction of sp³-hybridized carbons (Fsp3) is 0.278. The molecule has 124 valence electrons. The predicted molar refractivity (Wildman–Crippen MR) is 97.0 cm³/mol. The Labute approximate surface area is 141 Å². The number of nitrogens with one attached hydrogen (secondary N) is 1. The molecular weight excluding hydrogens is 300 g/mol. The van der Waals surface area contributed by atoms with Gasteiger partial charge in [0.25, 0.3) is 0 Å². The molecule has 0 saturated carbocycles. The second-order valence-electron chi connectivity index (χ2n) is 5.67. The highest BCUT2D eigenvalue weighted by atomic mass is 15.3. The van der Waals surface area contributed by atoms with Crippen LogP contribution in [0.4, 0.5) is 5.69 Å². The number of nitrogens with two attached hydrogens (primary N) is 1. The van der Waals surface area contributed by atoms with Gasteiger partial charge in [0.15, 0.2) is 5.96 Å². The van der Waals surface area contributed by atoms with Gasteiger partial charge in [0.1, 0.15) is 11.0 Å². The van der Waals surface area contributed by atoms with Gasteiger partial charge >= 0.3 is 0 Å². The molecule has 3 aromatic rings. The molecule has 1 aromatic heterocycles. The monoisotopic (exact) mass is 322 g/mol. The van der Waals surface area contributed by atoms with Gasteiger partial charge in [-0.05, 0) is 43.5 Å². The summed E-state index contributed by atoms with van der Waals surface area (Å²) >= 11 is 0. The molecule has 2 heterocycles. The molecule has 0 aliphatic carbocycles. The van der Waals surface area contributed by atoms with Crippen molar-refractivity contribution in [2.75, 3.05) is 13.1 Å². The van der Waals surface area contributed by atoms with Gasteiger partial charge in [-0.25, -0.2) is 4.99 Å². The van der Waals surface area contributed by atoms with E-state index in [0.29, 0.717) is 5.96 Å². The number of benzene rings is 2. The highest BCUT2D eigenvalue weighted by molar-refractivity contribution is 5.81. The molecule has 1 aliphatic heterocycles. The molecule has 6 heteroatoms. The van der Waals surface area contributed by atoms with Gasteiger partial charge in [-0.1, -0.05) is 30.3 Å². The zero-order valence-electron chi connectivity index (χ0n) is 13.6. The van der Waals surface area contributed by atoms with E-state index in [-0.39, 0.29) is 0 Å². The van der Waals surface area contributed by atoms with Gasteiger partial charge in [0.05, 0.1) is 5.69 Å². The largest absolute Gasteiger partial charge is 0.369 e. The second kappa shape index (κ2) is 8.10. The van der Waals surface area contributed by atoms with Gasteiger partial charge in [-0.3, -0.25) is 0 Å². The Morgan fingerprint density at radius 1 is 0.875 bits per heavy atom. The van der Waals surface area contributed by atoms with E-state index in [2.05, 4.69) is 25.3 Å². The molecule has 0 spiro atoms. The lowest BCUT2D eigenvalue weighted by atomic mass is 10.1. The Kier molecular flexibility index (Phi) is 5.40. The summed E-state index contributed by atoms with van der Waals surface area (Å²) in [4.78, 5) is 6.57. The molecular formula is C18H22N6. The third-order valence-corrected chi connectivity index (χ3v) is 3.90. The smallest absolute Gasteiger partial charge is 0.196 e. The van der Waals surface area contributed by atoms with E-state index < -0.39 is 0 Å². The maximum absolute atomic E-state index is 5.96. The third kappa shape index (κ3) is 4.32. The normalized spacial score (nSPS) is 15.0. The first kappa shape index (κ1) is 16.0. The van der Waals surface area contributed by atoms with Crippen LogP contribution in [0.3, 0.4) is 0 Å². The molecule has 1 saturated heterocycles. The van der Waals surface area contributed by atoms with E-state index in [9.17, 15) is 0 Å². The van der Waals surface area contributed by atoms with Crippen LogP contribution in [0.1, 0.15) is 19.3 Å². The van der Waals surface area contributed by atoms with Crippen molar-refractivity contribution in [2.24, 2.45) is 10.7 Å². The number of H-pyrrole nitrogens is 1. The van der Waals surface area contributed by atoms with E-state index in [1.807, 2.05) is 54.6 Å². The van der Waals surface area contributed by atoms with Crippen LogP contribution < -0.4 is 5.73 Å². The summed E-state index contributed by atoms with van der Waals surface area (Å²) in [6.45, 7) is 2.09. The maximum Gasteiger partial charge on any atom is 0.196 e. The van der Waals surface area contributed by atoms with Gasteiger partial charge in [-0.15, -0.1) is 0 Å². The third-order valence-electron chi connectivity index (χ3n) is 3.90. The van der Waals surface area contributed by atoms with Crippen molar-refractivity contribution in [2.45, 2.75) is 19.3 Å². The molecule has 6 nitrogen and oxygen atoms in total. The average molecular weight is 322 g/mol. The van der Waals surface area contributed by atoms with Crippen molar-refractivity contribution >= 4 is 22.7 Å². The molecule has 1 aliphatic rings. The highest BCUT2D eigenvalue weighted by Crippen LogP contribution is 2.13. The number of likely N-dealkylation sites (tertiary alicyclic amines) is 1. The first-order valence-corrected chi connectivity index (χ1v) is 8.22. The maximum atomic E-state index is 5.96. The van der Waals surface area contributed by atoms with Gasteiger partial charge in [-0.2, -0.15) is 15.4 Å². The van der Waals surface area contributed by atoms with Crippen LogP contribution in [0.15, 0.2) is 59.6 Å². The van der Waals surface area contributed by atoms with Crippen molar-refractivity contribution in [1.29, 1.82) is 0 Å². The molecule has 1 fully saturated rings. The molecule has 0 atom stereocenters. The minimum Gasteiger partial charge on any atom is -0.369 e. The van der Waals surface area contributed by atoms with Crippen LogP contribution >= 0.6 is 0 Å². The van der Waals surface area contributed by atoms with Crippen molar-refractivity contribution in [3.05, 3.63) is 54.6 Å². The number of fused-ring (bicyclic) bond motifs is 1. The summed E-state index contributed by atoms with van der Waals surface area (Å²) in [5.41, 5.74) is 8.72. The summed E-state index contributed by atoms with van der Waals surface area (Å²) in [7, 11) is 0. The van der Waals surface area contributed by atoms with Crippen LogP contribution in [0.25, 0.3) is 11.0 Å². The Morgan fingerprint density at radius 2 is 1.46 bits per heavy atom. The summed E-state index contributed by atoms with van der Waals surface area (Å²) in [5, 5.41) is 10.3. The summed E-state index contributed by atoms with van der Waals surface area (Å²) < 4.78 is 0. The van der Waals surface area contributed by atoms with Crippen LogP contribution in [0.2, 0.25) is 0 Å². The number of aliphatic imine (C=N–C) groups is 1. The van der Waals surface area contributed by atoms with Gasteiger partial charge in [0, 0.05) is 13.1 Å². The lowest BCUT2D eigenvalue weighted by Gasteiger charge is -2.27. The van der Waals surface area contributed by atoms with Crippen molar-refractivity contribution in [1.82, 2.24) is 20.3 Å². The number of piperidine rings is 1. The van der Waals surface area contributed by atoms with E-state index in [4.69, 9.17) is 5.73 Å². The molecule has 4 rings (SSSR count). The standard InChI is InChI=1S/C12H17N3.C6H5N3/c13-12(15-9-5-2-6-10-15)14-11-7-3-1-4-8-11;1-2-4-6-5(3-1)7-9-8-6/h1,3-4,7-8H,2,5-6,9-10H2,(H2,13,14);1-4H,(H,7,8,9). The zero-order valence-corrected chi connectivity index (χ0v) is 13.6. The van der Waals surface area contributed by atoms with E-state index in [1.54, 1.807) is 0 Å². The number of para-hydroxylation sites is 3. The molecule has 3 N–H and O–H groups in total. The van der Waals surface area contributed by atoms with E-state index >= 15 is 0 Å². The lowest BCUT2D eigenvalue weighted by molar-refractivity contribution is 0.339. The summed E-state index contributed by atoms with van der Waals surface area (Å²) in [5.74, 6) is 0.654. The molecule has 2 aromatic carbocycles. The fourth-order valence-corrected chi connectivity index (χ4v) is 2.61. The lowest BCUT2D eigenvalue weighted by Crippen LogP contribution is -2.40. The van der Waals surface area contributed by atoms with Crippen LogP contribution in [0, 0.1) is 0 Å². The van der Waals surface area contributed by atoms with E-state index in [0.717, 1.165) is 29.8 Å². The zero-order chi connectivity index (χ0) is 16.6. The van der Waals surface area contributed by atoms with Crippen molar-refractivity contribution < 1.29 is 0 Å². The summed E-state index contributed by atoms with van der Waals surface area (Å²) in [6.07, 6.45) is 3.77.